The standard InChI is InChI=1S/C2H2FNO2/c3-4-1-2(5)6/h1H,(H,5,6). The zero-order chi connectivity index (χ0) is 4.99. The Morgan fingerprint density at radius 2 is 2.50 bits per heavy atom. The predicted molar refractivity (Wildman–Crippen MR) is 17.2 cm³/mol. The molecule has 0 atom stereocenters. The van der Waals surface area contributed by atoms with Crippen LogP contribution in [-0.2, 0) is 4.79 Å². The Morgan fingerprint density at radius 1 is 2.00 bits per heavy atom. The first kappa shape index (κ1) is 5.07. The monoisotopic (exact) mass is 91.0 g/mol. The van der Waals surface area contributed by atoms with Crippen LogP contribution in [0.25, 0.3) is 0 Å². The average Bonchev–Trinajstić information content (AvgIpc) is 1.35. The average molecular weight is 91.0 g/mol. The smallest absolute Gasteiger partial charge is 0.349 e. The van der Waals surface area contributed by atoms with Gasteiger partial charge in [-0.3, -0.25) is 0 Å². The molecule has 0 heterocycles. The molecule has 0 saturated carbocycles. The molecule has 1 N–H and O–H groups in total. The number of carboxylic acid groups (broad SMARTS) is 1. The molecule has 34 valence electrons. The lowest BCUT2D eigenvalue weighted by atomic mass is 10.8. The summed E-state index contributed by atoms with van der Waals surface area (Å²) in [5.41, 5.74) is 0. The van der Waals surface area contributed by atoms with Crippen molar-refractivity contribution in [3.8, 4) is 0 Å². The number of nitrogens with zero attached hydrogens (tertiary/aromatic N) is 1. The van der Waals surface area contributed by atoms with E-state index in [2.05, 4.69) is 0 Å². The molecule has 3 nitrogen and oxygen atoms in total. The van der Waals surface area contributed by atoms with Crippen molar-refractivity contribution in [2.75, 3.05) is 0 Å². The molecule has 0 aliphatic carbocycles. The maximum atomic E-state index is 10.4. The van der Waals surface area contributed by atoms with Crippen LogP contribution >= 0.6 is 0 Å². The number of carbonyl (C=O) groups is 1. The van der Waals surface area contributed by atoms with Crippen molar-refractivity contribution in [3.05, 3.63) is 0 Å². The van der Waals surface area contributed by atoms with Crippen LogP contribution in [0.15, 0.2) is 5.21 Å². The summed E-state index contributed by atoms with van der Waals surface area (Å²) in [4.78, 5) is 9.21. The summed E-state index contributed by atoms with van der Waals surface area (Å²) in [6.07, 6.45) is 0.167. The van der Waals surface area contributed by atoms with Gasteiger partial charge < -0.3 is 5.11 Å². The summed E-state index contributed by atoms with van der Waals surface area (Å²) < 4.78 is 10.4. The first-order valence-electron chi connectivity index (χ1n) is 1.14. The minimum absolute atomic E-state index is 0.167. The second kappa shape index (κ2) is 2.32. The van der Waals surface area contributed by atoms with Crippen molar-refractivity contribution < 1.29 is 14.4 Å². The van der Waals surface area contributed by atoms with Gasteiger partial charge in [0.15, 0.2) is 0 Å². The Balaban J connectivity index is 3.30. The highest BCUT2D eigenvalue weighted by atomic mass is 19.2. The molecule has 4 heteroatoms. The molecule has 0 aliphatic rings. The van der Waals surface area contributed by atoms with Crippen LogP contribution in [0, 0.1) is 0 Å². The minimum atomic E-state index is -1.38. The third kappa shape index (κ3) is 3.07. The molecule has 0 saturated heterocycles. The lowest BCUT2D eigenvalue weighted by molar-refractivity contribution is -0.128. The van der Waals surface area contributed by atoms with Crippen molar-refractivity contribution in [1.82, 2.24) is 0 Å². The van der Waals surface area contributed by atoms with E-state index in [9.17, 15) is 9.28 Å². The van der Waals surface area contributed by atoms with Gasteiger partial charge in [-0.05, 0) is 0 Å². The van der Waals surface area contributed by atoms with E-state index < -0.39 is 5.97 Å². The maximum absolute atomic E-state index is 10.4. The van der Waals surface area contributed by atoms with Crippen LogP contribution in [0.5, 0.6) is 0 Å². The van der Waals surface area contributed by atoms with Crippen molar-refractivity contribution >= 4 is 12.2 Å². The summed E-state index contributed by atoms with van der Waals surface area (Å²) in [6.45, 7) is 0. The van der Waals surface area contributed by atoms with E-state index in [1.165, 1.54) is 0 Å². The second-order valence-corrected chi connectivity index (χ2v) is 0.565. The van der Waals surface area contributed by atoms with Crippen LogP contribution in [0.1, 0.15) is 0 Å². The first-order valence-corrected chi connectivity index (χ1v) is 1.14. The summed E-state index contributed by atoms with van der Waals surface area (Å²) in [7, 11) is 0. The lowest BCUT2D eigenvalue weighted by Crippen LogP contribution is -1.92. The molecule has 0 aromatic heterocycles. The van der Waals surface area contributed by atoms with Crippen molar-refractivity contribution in [3.63, 3.8) is 0 Å². The molecular weight excluding hydrogens is 89.0 g/mol. The van der Waals surface area contributed by atoms with Gasteiger partial charge in [0.05, 0.1) is 0 Å². The number of rotatable bonds is 1. The number of aliphatic carboxylic acids is 1. The van der Waals surface area contributed by atoms with E-state index in [1.54, 1.807) is 5.21 Å². The van der Waals surface area contributed by atoms with Gasteiger partial charge in [-0.1, -0.05) is 9.70 Å². The van der Waals surface area contributed by atoms with Crippen LogP contribution in [0.3, 0.4) is 0 Å². The molecule has 6 heavy (non-hydrogen) atoms. The minimum Gasteiger partial charge on any atom is -0.477 e. The van der Waals surface area contributed by atoms with Gasteiger partial charge in [-0.15, -0.1) is 0 Å². The first-order chi connectivity index (χ1) is 2.77. The van der Waals surface area contributed by atoms with Gasteiger partial charge in [0, 0.05) is 0 Å². The molecule has 0 rings (SSSR count). The number of hydrogen-bond donors (Lipinski definition) is 1. The Labute approximate surface area is 33.1 Å². The Hall–Kier alpha value is -0.930. The molecule has 0 aliphatic heterocycles. The quantitative estimate of drug-likeness (QED) is 0.462. The fraction of sp³-hybridized carbons (Fsp3) is 0. The predicted octanol–water partition coefficient (Wildman–Crippen LogP) is 0.0263. The fourth-order valence-corrected chi connectivity index (χ4v) is 0.0417. The van der Waals surface area contributed by atoms with Crippen LogP contribution in [0.2, 0.25) is 0 Å². The van der Waals surface area contributed by atoms with Crippen molar-refractivity contribution in [2.45, 2.75) is 0 Å². The molecule has 0 aromatic rings. The van der Waals surface area contributed by atoms with Gasteiger partial charge in [0.25, 0.3) is 0 Å². The molecule has 0 amide bonds. The van der Waals surface area contributed by atoms with E-state index in [-0.39, 0.29) is 6.21 Å². The maximum Gasteiger partial charge on any atom is 0.349 e. The molecule has 0 aromatic carbocycles. The molecule has 0 spiro atoms. The summed E-state index contributed by atoms with van der Waals surface area (Å²) >= 11 is 0. The van der Waals surface area contributed by atoms with Crippen molar-refractivity contribution in [2.24, 2.45) is 5.21 Å². The topological polar surface area (TPSA) is 49.7 Å². The Bertz CT molecular complexity index is 79.6. The highest BCUT2D eigenvalue weighted by Gasteiger charge is 1.81. The molecular formula is C2H2FNO2. The van der Waals surface area contributed by atoms with E-state index in [0.29, 0.717) is 0 Å². The van der Waals surface area contributed by atoms with Gasteiger partial charge in [-0.25, -0.2) is 4.79 Å². The zero-order valence-electron chi connectivity index (χ0n) is 2.76. The molecule has 0 fully saturated rings. The second-order valence-electron chi connectivity index (χ2n) is 0.565. The highest BCUT2D eigenvalue weighted by molar-refractivity contribution is 6.21. The highest BCUT2D eigenvalue weighted by Crippen LogP contribution is 1.59. The molecule has 0 unspecified atom stereocenters. The molecule has 0 radical (unpaired) electrons. The summed E-state index contributed by atoms with van der Waals surface area (Å²) in [6, 6.07) is 0. The normalized spacial score (nSPS) is 9.50. The van der Waals surface area contributed by atoms with Gasteiger partial charge in [0.1, 0.15) is 6.21 Å². The van der Waals surface area contributed by atoms with Crippen LogP contribution in [-0.4, -0.2) is 17.3 Å². The van der Waals surface area contributed by atoms with Crippen LogP contribution < -0.4 is 0 Å². The number of halogens is 1. The lowest BCUT2D eigenvalue weighted by Gasteiger charge is -1.65. The third-order valence-electron chi connectivity index (χ3n) is 0.159. The van der Waals surface area contributed by atoms with Gasteiger partial charge in [0.2, 0.25) is 0 Å². The largest absolute Gasteiger partial charge is 0.477 e. The molecule has 0 bridgehead atoms. The zero-order valence-corrected chi connectivity index (χ0v) is 2.76. The van der Waals surface area contributed by atoms with Gasteiger partial charge in [-0.2, -0.15) is 0 Å². The van der Waals surface area contributed by atoms with E-state index in [1.807, 2.05) is 0 Å². The van der Waals surface area contributed by atoms with E-state index in [4.69, 9.17) is 5.11 Å². The third-order valence-corrected chi connectivity index (χ3v) is 0.159. The number of carboxylic acids is 1. The van der Waals surface area contributed by atoms with Crippen LogP contribution in [0.4, 0.5) is 4.48 Å². The van der Waals surface area contributed by atoms with Crippen molar-refractivity contribution in [1.29, 1.82) is 0 Å². The Morgan fingerprint density at radius 3 is 2.50 bits per heavy atom. The fourth-order valence-electron chi connectivity index (χ4n) is 0.0417. The summed E-state index contributed by atoms with van der Waals surface area (Å²) in [5.74, 6) is -1.38. The summed E-state index contributed by atoms with van der Waals surface area (Å²) in [5, 5.41) is 9.23. The van der Waals surface area contributed by atoms with E-state index >= 15 is 0 Å². The Kier molecular flexibility index (Phi) is 1.96. The number of hydrogen-bond acceptors (Lipinski definition) is 2. The SMILES string of the molecule is O=C(O)C=NF. The van der Waals surface area contributed by atoms with E-state index in [0.717, 1.165) is 0 Å². The van der Waals surface area contributed by atoms with Gasteiger partial charge >= 0.3 is 5.97 Å².